The van der Waals surface area contributed by atoms with Gasteiger partial charge in [0.05, 0.1) is 4.88 Å². The third-order valence-electron chi connectivity index (χ3n) is 4.57. The summed E-state index contributed by atoms with van der Waals surface area (Å²) in [6.07, 6.45) is 4.26. The molecule has 2 aromatic heterocycles. The summed E-state index contributed by atoms with van der Waals surface area (Å²) < 4.78 is 11.4. The molecule has 0 aromatic carbocycles. The molecule has 2 aliphatic heterocycles. The highest BCUT2D eigenvalue weighted by Gasteiger charge is 2.22. The van der Waals surface area contributed by atoms with E-state index in [1.165, 1.54) is 16.9 Å². The van der Waals surface area contributed by atoms with Crippen LogP contribution in [-0.4, -0.2) is 37.8 Å². The third-order valence-corrected chi connectivity index (χ3v) is 5.70. The smallest absolute Gasteiger partial charge is 0.176 e. The third kappa shape index (κ3) is 3.21. The van der Waals surface area contributed by atoms with Crippen molar-refractivity contribution in [3.8, 4) is 11.5 Å². The van der Waals surface area contributed by atoms with E-state index in [0.717, 1.165) is 43.4 Å². The molecule has 0 amide bonds. The van der Waals surface area contributed by atoms with E-state index in [9.17, 15) is 0 Å². The second kappa shape index (κ2) is 6.99. The summed E-state index contributed by atoms with van der Waals surface area (Å²) in [6.45, 7) is 6.66. The van der Waals surface area contributed by atoms with Gasteiger partial charge in [0.25, 0.3) is 0 Å². The number of rotatable bonds is 6. The first-order chi connectivity index (χ1) is 11.8. The van der Waals surface area contributed by atoms with Crippen molar-refractivity contribution >= 4 is 17.2 Å². The Kier molecular flexibility index (Phi) is 4.58. The molecule has 6 heteroatoms. The Morgan fingerprint density at radius 3 is 2.92 bits per heavy atom. The minimum absolute atomic E-state index is 0.258. The van der Waals surface area contributed by atoms with Gasteiger partial charge in [-0.3, -0.25) is 0 Å². The van der Waals surface area contributed by atoms with Gasteiger partial charge in [0.2, 0.25) is 0 Å². The zero-order valence-corrected chi connectivity index (χ0v) is 14.8. The quantitative estimate of drug-likeness (QED) is 0.872. The number of aromatic nitrogens is 1. The number of fused-ring (bicyclic) bond motifs is 1. The molecule has 2 aromatic rings. The zero-order chi connectivity index (χ0) is 16.4. The van der Waals surface area contributed by atoms with Crippen molar-refractivity contribution in [2.24, 2.45) is 0 Å². The summed E-state index contributed by atoms with van der Waals surface area (Å²) >= 11 is 1.70. The summed E-state index contributed by atoms with van der Waals surface area (Å²) in [5.74, 6) is 2.92. The SMILES string of the molecule is CC(NCCc1ccc(N2CCC2)nc1)c1scc2c1OCCO2. The van der Waals surface area contributed by atoms with Gasteiger partial charge in [-0.2, -0.15) is 0 Å². The predicted molar refractivity (Wildman–Crippen MR) is 96.5 cm³/mol. The maximum absolute atomic E-state index is 5.76. The zero-order valence-electron chi connectivity index (χ0n) is 14.0. The Bertz CT molecular complexity index is 682. The van der Waals surface area contributed by atoms with Crippen LogP contribution in [0, 0.1) is 0 Å². The fraction of sp³-hybridized carbons (Fsp3) is 0.500. The van der Waals surface area contributed by atoms with Gasteiger partial charge in [0.15, 0.2) is 11.5 Å². The van der Waals surface area contributed by atoms with Crippen molar-refractivity contribution in [2.45, 2.75) is 25.8 Å². The predicted octanol–water partition coefficient (Wildman–Crippen LogP) is 3.02. The van der Waals surface area contributed by atoms with Gasteiger partial charge < -0.3 is 19.7 Å². The van der Waals surface area contributed by atoms with Gasteiger partial charge in [0, 0.05) is 30.7 Å². The highest BCUT2D eigenvalue weighted by atomic mass is 32.1. The van der Waals surface area contributed by atoms with Crippen molar-refractivity contribution in [1.82, 2.24) is 10.3 Å². The number of anilines is 1. The molecule has 1 unspecified atom stereocenters. The Hall–Kier alpha value is -1.79. The molecule has 0 bridgehead atoms. The van der Waals surface area contributed by atoms with Crippen LogP contribution in [-0.2, 0) is 6.42 Å². The summed E-state index contributed by atoms with van der Waals surface area (Å²) in [5.41, 5.74) is 1.27. The van der Waals surface area contributed by atoms with Gasteiger partial charge in [0.1, 0.15) is 19.0 Å². The molecule has 1 N–H and O–H groups in total. The number of pyridine rings is 1. The Morgan fingerprint density at radius 2 is 2.17 bits per heavy atom. The molecule has 0 saturated carbocycles. The molecular weight excluding hydrogens is 322 g/mol. The van der Waals surface area contributed by atoms with Crippen LogP contribution in [0.4, 0.5) is 5.82 Å². The molecule has 1 saturated heterocycles. The van der Waals surface area contributed by atoms with Crippen LogP contribution in [0.15, 0.2) is 23.7 Å². The van der Waals surface area contributed by atoms with Gasteiger partial charge >= 0.3 is 0 Å². The molecular formula is C18H23N3O2S. The monoisotopic (exact) mass is 345 g/mol. The second-order valence-corrected chi connectivity index (χ2v) is 7.19. The van der Waals surface area contributed by atoms with E-state index in [-0.39, 0.29) is 6.04 Å². The highest BCUT2D eigenvalue weighted by molar-refractivity contribution is 7.10. The lowest BCUT2D eigenvalue weighted by Crippen LogP contribution is -2.37. The lowest BCUT2D eigenvalue weighted by Gasteiger charge is -2.31. The lowest BCUT2D eigenvalue weighted by atomic mass is 10.1. The molecule has 4 heterocycles. The number of nitrogens with one attached hydrogen (secondary N) is 1. The first-order valence-electron chi connectivity index (χ1n) is 8.61. The lowest BCUT2D eigenvalue weighted by molar-refractivity contribution is 0.171. The van der Waals surface area contributed by atoms with Crippen LogP contribution < -0.4 is 19.7 Å². The van der Waals surface area contributed by atoms with Crippen molar-refractivity contribution < 1.29 is 9.47 Å². The van der Waals surface area contributed by atoms with Crippen LogP contribution >= 0.6 is 11.3 Å². The van der Waals surface area contributed by atoms with Gasteiger partial charge in [-0.25, -0.2) is 4.98 Å². The molecule has 24 heavy (non-hydrogen) atoms. The number of hydrogen-bond donors (Lipinski definition) is 1. The fourth-order valence-electron chi connectivity index (χ4n) is 3.00. The van der Waals surface area contributed by atoms with Crippen molar-refractivity contribution in [3.63, 3.8) is 0 Å². The van der Waals surface area contributed by atoms with Crippen LogP contribution in [0.2, 0.25) is 0 Å². The van der Waals surface area contributed by atoms with E-state index in [2.05, 4.69) is 34.3 Å². The summed E-state index contributed by atoms with van der Waals surface area (Å²) in [6, 6.07) is 4.59. The maximum Gasteiger partial charge on any atom is 0.176 e. The Balaban J connectivity index is 1.29. The first kappa shape index (κ1) is 15.7. The summed E-state index contributed by atoms with van der Waals surface area (Å²) in [5, 5.41) is 5.62. The molecule has 4 rings (SSSR count). The van der Waals surface area contributed by atoms with Gasteiger partial charge in [-0.15, -0.1) is 11.3 Å². The Morgan fingerprint density at radius 1 is 1.29 bits per heavy atom. The van der Waals surface area contributed by atoms with Crippen LogP contribution in [0.5, 0.6) is 11.5 Å². The number of nitrogens with zero attached hydrogens (tertiary/aromatic N) is 2. The molecule has 0 spiro atoms. The van der Waals surface area contributed by atoms with E-state index in [1.807, 2.05) is 11.6 Å². The molecule has 128 valence electrons. The number of thiophene rings is 1. The van der Waals surface area contributed by atoms with Crippen molar-refractivity contribution in [2.75, 3.05) is 37.7 Å². The average Bonchev–Trinajstić information content (AvgIpc) is 2.99. The molecule has 0 aliphatic carbocycles. The maximum atomic E-state index is 5.76. The largest absolute Gasteiger partial charge is 0.485 e. The highest BCUT2D eigenvalue weighted by Crippen LogP contribution is 2.42. The Labute approximate surface area is 146 Å². The number of ether oxygens (including phenoxy) is 2. The van der Waals surface area contributed by atoms with Crippen molar-refractivity contribution in [3.05, 3.63) is 34.2 Å². The minimum atomic E-state index is 0.258. The fourth-order valence-corrected chi connectivity index (χ4v) is 3.97. The normalized spacial score (nSPS) is 17.5. The molecule has 1 atom stereocenters. The topological polar surface area (TPSA) is 46.6 Å². The van der Waals surface area contributed by atoms with Crippen LogP contribution in [0.3, 0.4) is 0 Å². The average molecular weight is 345 g/mol. The minimum Gasteiger partial charge on any atom is -0.485 e. The van der Waals surface area contributed by atoms with Gasteiger partial charge in [-0.05, 0) is 37.9 Å². The summed E-state index contributed by atoms with van der Waals surface area (Å²) in [7, 11) is 0. The molecule has 5 nitrogen and oxygen atoms in total. The number of hydrogen-bond acceptors (Lipinski definition) is 6. The van der Waals surface area contributed by atoms with E-state index < -0.39 is 0 Å². The first-order valence-corrected chi connectivity index (χ1v) is 9.49. The standard InChI is InChI=1S/C18H23N3O2S/c1-13(18-17-15(12-24-18)22-9-10-23-17)19-6-5-14-3-4-16(20-11-14)21-7-2-8-21/h3-4,11-13,19H,2,5-10H2,1H3. The molecule has 1 fully saturated rings. The van der Waals surface area contributed by atoms with E-state index in [4.69, 9.17) is 9.47 Å². The molecule has 0 radical (unpaired) electrons. The van der Waals surface area contributed by atoms with Crippen molar-refractivity contribution in [1.29, 1.82) is 0 Å². The second-order valence-electron chi connectivity index (χ2n) is 6.28. The van der Waals surface area contributed by atoms with Gasteiger partial charge in [-0.1, -0.05) is 6.07 Å². The van der Waals surface area contributed by atoms with E-state index in [1.54, 1.807) is 11.3 Å². The van der Waals surface area contributed by atoms with Crippen LogP contribution in [0.1, 0.15) is 29.8 Å². The van der Waals surface area contributed by atoms with E-state index in [0.29, 0.717) is 13.2 Å². The van der Waals surface area contributed by atoms with Crippen LogP contribution in [0.25, 0.3) is 0 Å². The summed E-state index contributed by atoms with van der Waals surface area (Å²) in [4.78, 5) is 8.10. The van der Waals surface area contributed by atoms with E-state index >= 15 is 0 Å². The molecule has 2 aliphatic rings.